The van der Waals surface area contributed by atoms with Gasteiger partial charge in [-0.3, -0.25) is 0 Å². The van der Waals surface area contributed by atoms with E-state index in [4.69, 9.17) is 9.47 Å². The minimum absolute atomic E-state index is 0.0947. The maximum absolute atomic E-state index is 11.6. The molecule has 94 valence electrons. The number of rotatable bonds is 6. The van der Waals surface area contributed by atoms with Crippen LogP contribution in [0.2, 0.25) is 0 Å². The lowest BCUT2D eigenvalue weighted by Gasteiger charge is -2.19. The number of urea groups is 1. The molecule has 0 aliphatic carbocycles. The van der Waals surface area contributed by atoms with Crippen molar-refractivity contribution in [3.63, 3.8) is 0 Å². The van der Waals surface area contributed by atoms with E-state index in [0.29, 0.717) is 13.2 Å². The van der Waals surface area contributed by atoms with Gasteiger partial charge in [0.1, 0.15) is 0 Å². The zero-order valence-electron chi connectivity index (χ0n) is 10.1. The van der Waals surface area contributed by atoms with Crippen molar-refractivity contribution in [2.24, 2.45) is 0 Å². The van der Waals surface area contributed by atoms with Crippen molar-refractivity contribution in [1.29, 1.82) is 0 Å². The molecule has 0 radical (unpaired) electrons. The molecular formula is C11H22N2O3. The molecule has 1 saturated heterocycles. The molecule has 0 bridgehead atoms. The van der Waals surface area contributed by atoms with Crippen molar-refractivity contribution < 1.29 is 14.3 Å². The molecule has 16 heavy (non-hydrogen) atoms. The van der Waals surface area contributed by atoms with Crippen LogP contribution < -0.4 is 10.6 Å². The van der Waals surface area contributed by atoms with E-state index in [9.17, 15) is 4.79 Å². The third-order valence-electron chi connectivity index (χ3n) is 2.61. The number of ether oxygens (including phenoxy) is 2. The molecule has 2 amide bonds. The van der Waals surface area contributed by atoms with Crippen molar-refractivity contribution in [3.8, 4) is 0 Å². The van der Waals surface area contributed by atoms with Gasteiger partial charge in [0.05, 0.1) is 25.3 Å². The lowest BCUT2D eigenvalue weighted by molar-refractivity contribution is 0.159. The highest BCUT2D eigenvalue weighted by atomic mass is 16.5. The predicted molar refractivity (Wildman–Crippen MR) is 61.5 cm³/mol. The first kappa shape index (κ1) is 13.3. The summed E-state index contributed by atoms with van der Waals surface area (Å²) < 4.78 is 10.3. The Balaban J connectivity index is 2.23. The molecule has 2 N–H and O–H groups in total. The Kier molecular flexibility index (Phi) is 6.18. The number of carbonyl (C=O) groups excluding carboxylic acids is 1. The van der Waals surface area contributed by atoms with Crippen LogP contribution in [0.4, 0.5) is 4.79 Å². The SMILES string of the molecule is CCCC(COC)NC(=O)NC1CCOC1. The van der Waals surface area contributed by atoms with Gasteiger partial charge >= 0.3 is 6.03 Å². The van der Waals surface area contributed by atoms with Gasteiger partial charge in [-0.1, -0.05) is 13.3 Å². The van der Waals surface area contributed by atoms with E-state index < -0.39 is 0 Å². The van der Waals surface area contributed by atoms with Gasteiger partial charge in [-0.2, -0.15) is 0 Å². The van der Waals surface area contributed by atoms with E-state index >= 15 is 0 Å². The molecule has 0 aromatic rings. The van der Waals surface area contributed by atoms with Gasteiger partial charge in [-0.05, 0) is 12.8 Å². The molecule has 0 aromatic heterocycles. The smallest absolute Gasteiger partial charge is 0.315 e. The average Bonchev–Trinajstić information content (AvgIpc) is 2.71. The summed E-state index contributed by atoms with van der Waals surface area (Å²) in [5, 5.41) is 5.81. The van der Waals surface area contributed by atoms with Gasteiger partial charge in [0, 0.05) is 13.7 Å². The van der Waals surface area contributed by atoms with Crippen molar-refractivity contribution in [2.75, 3.05) is 26.9 Å². The highest BCUT2D eigenvalue weighted by molar-refractivity contribution is 5.74. The second kappa shape index (κ2) is 7.46. The van der Waals surface area contributed by atoms with Crippen LogP contribution in [0.1, 0.15) is 26.2 Å². The molecule has 5 heteroatoms. The predicted octanol–water partition coefficient (Wildman–Crippen LogP) is 0.890. The number of carbonyl (C=O) groups is 1. The molecular weight excluding hydrogens is 208 g/mol. The molecule has 0 spiro atoms. The standard InChI is InChI=1S/C11H22N2O3/c1-3-4-9(7-15-2)12-11(14)13-10-5-6-16-8-10/h9-10H,3-8H2,1-2H3,(H2,12,13,14). The summed E-state index contributed by atoms with van der Waals surface area (Å²) in [6.45, 7) is 4.01. The average molecular weight is 230 g/mol. The van der Waals surface area contributed by atoms with Crippen LogP contribution in [0, 0.1) is 0 Å². The van der Waals surface area contributed by atoms with Crippen molar-refractivity contribution >= 4 is 6.03 Å². The first-order valence-corrected chi connectivity index (χ1v) is 5.90. The van der Waals surface area contributed by atoms with Crippen LogP contribution in [0.25, 0.3) is 0 Å². The fraction of sp³-hybridized carbons (Fsp3) is 0.909. The molecule has 1 fully saturated rings. The molecule has 1 rings (SSSR count). The summed E-state index contributed by atoms with van der Waals surface area (Å²) in [6.07, 6.45) is 2.86. The fourth-order valence-corrected chi connectivity index (χ4v) is 1.81. The Morgan fingerprint density at radius 3 is 3.00 bits per heavy atom. The van der Waals surface area contributed by atoms with E-state index in [2.05, 4.69) is 17.6 Å². The summed E-state index contributed by atoms with van der Waals surface area (Å²) in [5.74, 6) is 0. The molecule has 0 aromatic carbocycles. The maximum Gasteiger partial charge on any atom is 0.315 e. The van der Waals surface area contributed by atoms with E-state index in [1.165, 1.54) is 0 Å². The van der Waals surface area contributed by atoms with E-state index in [1.807, 2.05) is 0 Å². The first-order chi connectivity index (χ1) is 7.76. The maximum atomic E-state index is 11.6. The monoisotopic (exact) mass is 230 g/mol. The fourth-order valence-electron chi connectivity index (χ4n) is 1.81. The molecule has 1 heterocycles. The Morgan fingerprint density at radius 1 is 1.62 bits per heavy atom. The molecule has 1 aliphatic rings. The number of nitrogens with one attached hydrogen (secondary N) is 2. The Bertz CT molecular complexity index is 199. The number of methoxy groups -OCH3 is 1. The van der Waals surface area contributed by atoms with Crippen LogP contribution in [0.5, 0.6) is 0 Å². The Hall–Kier alpha value is -0.810. The van der Waals surface area contributed by atoms with E-state index in [1.54, 1.807) is 7.11 Å². The summed E-state index contributed by atoms with van der Waals surface area (Å²) >= 11 is 0. The third-order valence-corrected chi connectivity index (χ3v) is 2.61. The van der Waals surface area contributed by atoms with Gasteiger partial charge < -0.3 is 20.1 Å². The first-order valence-electron chi connectivity index (χ1n) is 5.90. The van der Waals surface area contributed by atoms with Crippen molar-refractivity contribution in [2.45, 2.75) is 38.3 Å². The highest BCUT2D eigenvalue weighted by Crippen LogP contribution is 2.03. The van der Waals surface area contributed by atoms with Crippen molar-refractivity contribution in [1.82, 2.24) is 10.6 Å². The molecule has 5 nitrogen and oxygen atoms in total. The summed E-state index contributed by atoms with van der Waals surface area (Å²) in [7, 11) is 1.65. The summed E-state index contributed by atoms with van der Waals surface area (Å²) in [6, 6.07) is 0.133. The highest BCUT2D eigenvalue weighted by Gasteiger charge is 2.19. The van der Waals surface area contributed by atoms with Crippen molar-refractivity contribution in [3.05, 3.63) is 0 Å². The minimum atomic E-state index is -0.119. The van der Waals surface area contributed by atoms with Crippen LogP contribution in [0.15, 0.2) is 0 Å². The summed E-state index contributed by atoms with van der Waals surface area (Å²) in [5.41, 5.74) is 0. The lowest BCUT2D eigenvalue weighted by Crippen LogP contribution is -2.47. The topological polar surface area (TPSA) is 59.6 Å². The lowest BCUT2D eigenvalue weighted by atomic mass is 10.2. The van der Waals surface area contributed by atoms with E-state index in [0.717, 1.165) is 25.9 Å². The van der Waals surface area contributed by atoms with Gasteiger partial charge in [0.25, 0.3) is 0 Å². The zero-order chi connectivity index (χ0) is 11.8. The number of hydrogen-bond acceptors (Lipinski definition) is 3. The molecule has 2 unspecified atom stereocenters. The van der Waals surface area contributed by atoms with Crippen LogP contribution in [0.3, 0.4) is 0 Å². The zero-order valence-corrected chi connectivity index (χ0v) is 10.1. The Labute approximate surface area is 96.9 Å². The third kappa shape index (κ3) is 4.81. The van der Waals surface area contributed by atoms with E-state index in [-0.39, 0.29) is 18.1 Å². The number of hydrogen-bond donors (Lipinski definition) is 2. The van der Waals surface area contributed by atoms with Crippen LogP contribution >= 0.6 is 0 Å². The second-order valence-corrected chi connectivity index (χ2v) is 4.12. The summed E-state index contributed by atoms with van der Waals surface area (Å²) in [4.78, 5) is 11.6. The van der Waals surface area contributed by atoms with Gasteiger partial charge in [0.2, 0.25) is 0 Å². The quantitative estimate of drug-likeness (QED) is 0.712. The molecule has 1 aliphatic heterocycles. The Morgan fingerprint density at radius 2 is 2.44 bits per heavy atom. The largest absolute Gasteiger partial charge is 0.383 e. The van der Waals surface area contributed by atoms with Gasteiger partial charge in [0.15, 0.2) is 0 Å². The van der Waals surface area contributed by atoms with Gasteiger partial charge in [-0.15, -0.1) is 0 Å². The normalized spacial score (nSPS) is 21.8. The van der Waals surface area contributed by atoms with Gasteiger partial charge in [-0.25, -0.2) is 4.79 Å². The van der Waals surface area contributed by atoms with Crippen LogP contribution in [-0.4, -0.2) is 45.0 Å². The molecule has 0 saturated carbocycles. The minimum Gasteiger partial charge on any atom is -0.383 e. The second-order valence-electron chi connectivity index (χ2n) is 4.12. The number of amides is 2. The van der Waals surface area contributed by atoms with Crippen LogP contribution in [-0.2, 0) is 9.47 Å². The molecule has 2 atom stereocenters.